The Kier molecular flexibility index (Phi) is 2.02. The molecular formula is C10H7N2O2-. The smallest absolute Gasteiger partial charge is 0.0731 e. The molecule has 1 aromatic rings. The highest BCUT2D eigenvalue weighted by Gasteiger charge is 2.03. The molecule has 0 atom stereocenters. The minimum atomic E-state index is -1.23. The highest BCUT2D eigenvalue weighted by molar-refractivity contribution is 6.12. The monoisotopic (exact) mass is 187 g/mol. The average Bonchev–Trinajstić information content (AvgIpc) is 2.39. The van der Waals surface area contributed by atoms with E-state index in [4.69, 9.17) is 0 Å². The van der Waals surface area contributed by atoms with Crippen molar-refractivity contribution in [2.75, 3.05) is 5.43 Å². The normalized spacial score (nSPS) is 13.6. The minimum absolute atomic E-state index is 0.0578. The van der Waals surface area contributed by atoms with Crippen LogP contribution in [0.15, 0.2) is 34.9 Å². The van der Waals surface area contributed by atoms with Gasteiger partial charge in [0.1, 0.15) is 0 Å². The van der Waals surface area contributed by atoms with Crippen LogP contribution < -0.4 is 10.5 Å². The van der Waals surface area contributed by atoms with Gasteiger partial charge in [0.25, 0.3) is 0 Å². The van der Waals surface area contributed by atoms with E-state index in [0.29, 0.717) is 0 Å². The molecule has 0 spiro atoms. The number of para-hydroxylation sites is 1. The maximum absolute atomic E-state index is 10.6. The van der Waals surface area contributed by atoms with Crippen molar-refractivity contribution in [1.29, 1.82) is 0 Å². The number of anilines is 1. The zero-order valence-electron chi connectivity index (χ0n) is 7.23. The highest BCUT2D eigenvalue weighted by Crippen LogP contribution is 2.19. The Hall–Kier alpha value is -2.10. The number of aliphatic carboxylic acids is 1. The van der Waals surface area contributed by atoms with Gasteiger partial charge in [-0.15, -0.1) is 0 Å². The molecule has 2 rings (SSSR count). The zero-order valence-corrected chi connectivity index (χ0v) is 7.23. The van der Waals surface area contributed by atoms with E-state index in [1.807, 2.05) is 18.2 Å². The first-order valence-electron chi connectivity index (χ1n) is 4.08. The first-order valence-corrected chi connectivity index (χ1v) is 4.08. The van der Waals surface area contributed by atoms with Crippen LogP contribution in [0.25, 0.3) is 6.08 Å². The van der Waals surface area contributed by atoms with E-state index in [1.54, 1.807) is 6.07 Å². The van der Waals surface area contributed by atoms with Crippen molar-refractivity contribution in [3.8, 4) is 0 Å². The van der Waals surface area contributed by atoms with Crippen molar-refractivity contribution in [2.24, 2.45) is 5.10 Å². The number of hydrazone groups is 1. The van der Waals surface area contributed by atoms with Crippen molar-refractivity contribution in [3.05, 3.63) is 35.4 Å². The zero-order chi connectivity index (χ0) is 9.97. The molecule has 14 heavy (non-hydrogen) atoms. The van der Waals surface area contributed by atoms with E-state index >= 15 is 0 Å². The minimum Gasteiger partial charge on any atom is -0.545 e. The lowest BCUT2D eigenvalue weighted by atomic mass is 10.1. The molecule has 0 fully saturated rings. The number of nitrogens with zero attached hydrogens (tertiary/aromatic N) is 1. The van der Waals surface area contributed by atoms with Crippen LogP contribution in [0.3, 0.4) is 0 Å². The molecule has 1 aliphatic heterocycles. The predicted octanol–water partition coefficient (Wildman–Crippen LogP) is 0.231. The van der Waals surface area contributed by atoms with Gasteiger partial charge in [0.05, 0.1) is 17.9 Å². The molecule has 0 unspecified atom stereocenters. The number of nitrogens with one attached hydrogen (secondary N) is 1. The van der Waals surface area contributed by atoms with E-state index in [0.717, 1.165) is 11.3 Å². The maximum Gasteiger partial charge on any atom is 0.0731 e. The largest absolute Gasteiger partial charge is 0.545 e. The van der Waals surface area contributed by atoms with Crippen LogP contribution in [-0.4, -0.2) is 12.2 Å². The van der Waals surface area contributed by atoms with Gasteiger partial charge in [-0.3, -0.25) is 5.43 Å². The first kappa shape index (κ1) is 8.50. The Morgan fingerprint density at radius 3 is 2.93 bits per heavy atom. The number of hydrogen-bond donors (Lipinski definition) is 1. The molecule has 0 saturated carbocycles. The Bertz CT molecular complexity index is 436. The van der Waals surface area contributed by atoms with Gasteiger partial charge in [-0.05, 0) is 12.1 Å². The lowest BCUT2D eigenvalue weighted by Crippen LogP contribution is -2.24. The predicted molar refractivity (Wildman–Crippen MR) is 51.5 cm³/mol. The third-order valence-corrected chi connectivity index (χ3v) is 1.90. The summed E-state index contributed by atoms with van der Waals surface area (Å²) in [5, 5.41) is 14.4. The molecule has 0 aromatic heterocycles. The van der Waals surface area contributed by atoms with Gasteiger partial charge >= 0.3 is 0 Å². The van der Waals surface area contributed by atoms with Crippen molar-refractivity contribution in [1.82, 2.24) is 0 Å². The molecule has 0 saturated heterocycles. The number of fused-ring (bicyclic) bond motifs is 1. The SMILES string of the molecule is O=C([O-])C1=Cc2ccccc2NN=C1. The molecule has 4 nitrogen and oxygen atoms in total. The van der Waals surface area contributed by atoms with E-state index < -0.39 is 5.97 Å². The maximum atomic E-state index is 10.6. The fourth-order valence-corrected chi connectivity index (χ4v) is 1.21. The summed E-state index contributed by atoms with van der Waals surface area (Å²) in [6, 6.07) is 7.30. The van der Waals surface area contributed by atoms with Crippen molar-refractivity contribution in [3.63, 3.8) is 0 Å². The first-order chi connectivity index (χ1) is 6.77. The molecular weight excluding hydrogens is 180 g/mol. The number of carbonyl (C=O) groups is 1. The molecule has 0 bridgehead atoms. The Morgan fingerprint density at radius 1 is 1.36 bits per heavy atom. The van der Waals surface area contributed by atoms with E-state index in [-0.39, 0.29) is 5.57 Å². The Labute approximate surface area is 80.6 Å². The van der Waals surface area contributed by atoms with E-state index in [9.17, 15) is 9.90 Å². The number of carboxylic acid groups (broad SMARTS) is 1. The third-order valence-electron chi connectivity index (χ3n) is 1.90. The van der Waals surface area contributed by atoms with Gasteiger partial charge in [-0.1, -0.05) is 18.2 Å². The Balaban J connectivity index is 2.51. The van der Waals surface area contributed by atoms with Crippen LogP contribution >= 0.6 is 0 Å². The van der Waals surface area contributed by atoms with Gasteiger partial charge in [0.2, 0.25) is 0 Å². The van der Waals surface area contributed by atoms with Crippen LogP contribution in [0, 0.1) is 0 Å². The van der Waals surface area contributed by atoms with Crippen LogP contribution in [0.1, 0.15) is 5.56 Å². The fourth-order valence-electron chi connectivity index (χ4n) is 1.21. The molecule has 70 valence electrons. The lowest BCUT2D eigenvalue weighted by Gasteiger charge is -2.02. The quantitative estimate of drug-likeness (QED) is 0.684. The fraction of sp³-hybridized carbons (Fsp3) is 0. The topological polar surface area (TPSA) is 64.5 Å². The molecule has 1 aliphatic rings. The molecule has 0 aliphatic carbocycles. The van der Waals surface area contributed by atoms with Gasteiger partial charge in [0, 0.05) is 11.1 Å². The summed E-state index contributed by atoms with van der Waals surface area (Å²) in [6.07, 6.45) is 2.75. The number of carbonyl (C=O) groups excluding carboxylic acids is 1. The Morgan fingerprint density at radius 2 is 2.14 bits per heavy atom. The van der Waals surface area contributed by atoms with Crippen molar-refractivity contribution in [2.45, 2.75) is 0 Å². The number of benzene rings is 1. The summed E-state index contributed by atoms with van der Waals surface area (Å²) < 4.78 is 0. The van der Waals surface area contributed by atoms with Crippen LogP contribution in [0.4, 0.5) is 5.69 Å². The molecule has 4 heteroatoms. The standard InChI is InChI=1S/C10H8N2O2/c13-10(14)8-5-7-3-1-2-4-9(7)12-11-6-8/h1-6,12H,(H,13,14)/p-1. The van der Waals surface area contributed by atoms with Gasteiger partial charge in [0.15, 0.2) is 0 Å². The molecule has 1 N–H and O–H groups in total. The lowest BCUT2D eigenvalue weighted by molar-refractivity contribution is -0.298. The average molecular weight is 187 g/mol. The second kappa shape index (κ2) is 3.33. The highest BCUT2D eigenvalue weighted by atomic mass is 16.4. The summed E-state index contributed by atoms with van der Waals surface area (Å²) in [5.74, 6) is -1.23. The van der Waals surface area contributed by atoms with Crippen LogP contribution in [0.2, 0.25) is 0 Å². The number of rotatable bonds is 1. The summed E-state index contributed by atoms with van der Waals surface area (Å²) in [5.41, 5.74) is 4.35. The molecule has 1 aromatic carbocycles. The van der Waals surface area contributed by atoms with Crippen molar-refractivity contribution < 1.29 is 9.90 Å². The van der Waals surface area contributed by atoms with E-state index in [2.05, 4.69) is 10.5 Å². The van der Waals surface area contributed by atoms with Crippen LogP contribution in [0.5, 0.6) is 0 Å². The second-order valence-corrected chi connectivity index (χ2v) is 2.84. The van der Waals surface area contributed by atoms with Gasteiger partial charge in [-0.2, -0.15) is 5.10 Å². The van der Waals surface area contributed by atoms with E-state index in [1.165, 1.54) is 12.3 Å². The summed E-state index contributed by atoms with van der Waals surface area (Å²) in [7, 11) is 0. The molecule has 0 radical (unpaired) electrons. The number of hydrogen-bond acceptors (Lipinski definition) is 4. The van der Waals surface area contributed by atoms with Crippen LogP contribution in [-0.2, 0) is 4.79 Å². The summed E-state index contributed by atoms with van der Waals surface area (Å²) in [4.78, 5) is 10.6. The van der Waals surface area contributed by atoms with Gasteiger partial charge in [-0.25, -0.2) is 0 Å². The summed E-state index contributed by atoms with van der Waals surface area (Å²) in [6.45, 7) is 0. The van der Waals surface area contributed by atoms with Gasteiger partial charge < -0.3 is 9.90 Å². The molecule has 0 amide bonds. The number of carboxylic acids is 1. The third kappa shape index (κ3) is 1.50. The molecule has 1 heterocycles. The summed E-state index contributed by atoms with van der Waals surface area (Å²) >= 11 is 0. The second-order valence-electron chi connectivity index (χ2n) is 2.84. The van der Waals surface area contributed by atoms with Crippen molar-refractivity contribution >= 4 is 23.9 Å².